The second kappa shape index (κ2) is 3.33. The van der Waals surface area contributed by atoms with Gasteiger partial charge in [-0.15, -0.1) is 0 Å². The Bertz CT molecular complexity index is 529. The Morgan fingerprint density at radius 2 is 2.19 bits per heavy atom. The Hall–Kier alpha value is -1.84. The molecule has 4 nitrogen and oxygen atoms in total. The summed E-state index contributed by atoms with van der Waals surface area (Å²) in [6, 6.07) is 3.75. The molecular weight excluding hydrogens is 202 g/mol. The number of hydrogen-bond donors (Lipinski definition) is 1. The molecule has 1 saturated carbocycles. The fourth-order valence-corrected chi connectivity index (χ4v) is 1.81. The Morgan fingerprint density at radius 1 is 1.38 bits per heavy atom. The fourth-order valence-electron chi connectivity index (χ4n) is 1.81. The van der Waals surface area contributed by atoms with Crippen LogP contribution >= 0.6 is 0 Å². The molecule has 3 rings (SSSR count). The molecule has 0 saturated heterocycles. The molecule has 16 heavy (non-hydrogen) atoms. The summed E-state index contributed by atoms with van der Waals surface area (Å²) in [4.78, 5) is 8.80. The van der Waals surface area contributed by atoms with Crippen molar-refractivity contribution in [2.45, 2.75) is 25.7 Å². The molecule has 0 spiro atoms. The zero-order chi connectivity index (χ0) is 11.1. The molecule has 2 aromatic rings. The lowest BCUT2D eigenvalue weighted by atomic mass is 10.2. The number of furan rings is 1. The van der Waals surface area contributed by atoms with Crippen LogP contribution in [0, 0.1) is 6.92 Å². The van der Waals surface area contributed by atoms with E-state index in [1.54, 1.807) is 6.26 Å². The molecule has 0 bridgehead atoms. The van der Waals surface area contributed by atoms with Crippen LogP contribution in [0.15, 0.2) is 22.8 Å². The van der Waals surface area contributed by atoms with Gasteiger partial charge in [0.25, 0.3) is 0 Å². The largest absolute Gasteiger partial charge is 0.469 e. The van der Waals surface area contributed by atoms with Crippen LogP contribution in [-0.2, 0) is 0 Å². The third kappa shape index (κ3) is 1.56. The predicted molar refractivity (Wildman–Crippen MR) is 60.9 cm³/mol. The van der Waals surface area contributed by atoms with Gasteiger partial charge in [-0.3, -0.25) is 0 Å². The van der Waals surface area contributed by atoms with Crippen molar-refractivity contribution in [3.63, 3.8) is 0 Å². The summed E-state index contributed by atoms with van der Waals surface area (Å²) in [5.41, 5.74) is 7.78. The summed E-state index contributed by atoms with van der Waals surface area (Å²) >= 11 is 0. The molecule has 2 N–H and O–H groups in total. The summed E-state index contributed by atoms with van der Waals surface area (Å²) < 4.78 is 5.25. The van der Waals surface area contributed by atoms with E-state index in [9.17, 15) is 0 Å². The number of nitrogen functional groups attached to an aromatic ring is 1. The van der Waals surface area contributed by atoms with Gasteiger partial charge in [0.2, 0.25) is 0 Å². The van der Waals surface area contributed by atoms with Crippen molar-refractivity contribution in [3.05, 3.63) is 29.9 Å². The van der Waals surface area contributed by atoms with Crippen molar-refractivity contribution < 1.29 is 4.42 Å². The summed E-state index contributed by atoms with van der Waals surface area (Å²) in [6.07, 6.45) is 4.06. The van der Waals surface area contributed by atoms with Gasteiger partial charge in [-0.25, -0.2) is 9.97 Å². The number of aryl methyl sites for hydroxylation is 1. The number of nitrogens with zero attached hydrogens (tertiary/aromatic N) is 2. The van der Waals surface area contributed by atoms with Gasteiger partial charge in [0, 0.05) is 17.7 Å². The number of nitrogens with two attached hydrogens (primary N) is 1. The van der Waals surface area contributed by atoms with Gasteiger partial charge in [0.05, 0.1) is 11.8 Å². The minimum atomic E-state index is 0.535. The number of aromatic nitrogens is 2. The zero-order valence-corrected chi connectivity index (χ0v) is 9.10. The molecule has 0 aliphatic heterocycles. The highest BCUT2D eigenvalue weighted by atomic mass is 16.3. The lowest BCUT2D eigenvalue weighted by molar-refractivity contribution is 0.535. The summed E-state index contributed by atoms with van der Waals surface area (Å²) in [5.74, 6) is 2.62. The molecule has 2 heterocycles. The highest BCUT2D eigenvalue weighted by molar-refractivity contribution is 5.59. The van der Waals surface area contributed by atoms with Crippen LogP contribution in [0.3, 0.4) is 0 Å². The molecule has 1 fully saturated rings. The van der Waals surface area contributed by atoms with E-state index in [0.29, 0.717) is 17.6 Å². The molecule has 0 amide bonds. The van der Waals surface area contributed by atoms with E-state index in [-0.39, 0.29) is 0 Å². The molecule has 2 aromatic heterocycles. The molecule has 0 atom stereocenters. The minimum Gasteiger partial charge on any atom is -0.469 e. The second-order valence-corrected chi connectivity index (χ2v) is 4.21. The van der Waals surface area contributed by atoms with Crippen LogP contribution in [0.1, 0.15) is 30.2 Å². The highest BCUT2D eigenvalue weighted by Gasteiger charge is 2.26. The lowest BCUT2D eigenvalue weighted by Gasteiger charge is -2.03. The monoisotopic (exact) mass is 215 g/mol. The van der Waals surface area contributed by atoms with Crippen LogP contribution in [0.25, 0.3) is 11.4 Å². The SMILES string of the molecule is Cc1occc1-c1nc(N)cc(C2CC2)n1. The molecule has 0 unspecified atom stereocenters. The Kier molecular flexibility index (Phi) is 1.96. The van der Waals surface area contributed by atoms with Crippen LogP contribution < -0.4 is 5.73 Å². The van der Waals surface area contributed by atoms with Crippen LogP contribution in [0.2, 0.25) is 0 Å². The lowest BCUT2D eigenvalue weighted by Crippen LogP contribution is -1.99. The first-order valence-electron chi connectivity index (χ1n) is 5.43. The maximum Gasteiger partial charge on any atom is 0.165 e. The normalized spacial score (nSPS) is 15.3. The molecule has 82 valence electrons. The molecule has 0 aromatic carbocycles. The fraction of sp³-hybridized carbons (Fsp3) is 0.333. The Balaban J connectivity index is 2.10. The van der Waals surface area contributed by atoms with Gasteiger partial charge in [-0.2, -0.15) is 0 Å². The number of hydrogen-bond acceptors (Lipinski definition) is 4. The van der Waals surface area contributed by atoms with E-state index < -0.39 is 0 Å². The molecule has 1 aliphatic rings. The summed E-state index contributed by atoms with van der Waals surface area (Å²) in [5, 5.41) is 0. The minimum absolute atomic E-state index is 0.535. The van der Waals surface area contributed by atoms with Crippen LogP contribution in [-0.4, -0.2) is 9.97 Å². The summed E-state index contributed by atoms with van der Waals surface area (Å²) in [7, 11) is 0. The van der Waals surface area contributed by atoms with E-state index in [1.807, 2.05) is 19.1 Å². The molecule has 4 heteroatoms. The van der Waals surface area contributed by atoms with Gasteiger partial charge >= 0.3 is 0 Å². The van der Waals surface area contributed by atoms with E-state index in [0.717, 1.165) is 17.0 Å². The third-order valence-corrected chi connectivity index (χ3v) is 2.86. The van der Waals surface area contributed by atoms with Gasteiger partial charge in [0.1, 0.15) is 11.6 Å². The first kappa shape index (κ1) is 9.39. The molecule has 0 radical (unpaired) electrons. The predicted octanol–water partition coefficient (Wildman–Crippen LogP) is 2.50. The maximum absolute atomic E-state index is 5.80. The van der Waals surface area contributed by atoms with Gasteiger partial charge < -0.3 is 10.2 Å². The topological polar surface area (TPSA) is 64.9 Å². The highest BCUT2D eigenvalue weighted by Crippen LogP contribution is 2.40. The first-order valence-corrected chi connectivity index (χ1v) is 5.43. The second-order valence-electron chi connectivity index (χ2n) is 4.21. The van der Waals surface area contributed by atoms with E-state index in [4.69, 9.17) is 10.2 Å². The van der Waals surface area contributed by atoms with Crippen molar-refractivity contribution in [1.82, 2.24) is 9.97 Å². The standard InChI is InChI=1S/C12H13N3O/c1-7-9(4-5-16-7)12-14-10(8-2-3-8)6-11(13)15-12/h4-6,8H,2-3H2,1H3,(H2,13,14,15). The van der Waals surface area contributed by atoms with Gasteiger partial charge in [0.15, 0.2) is 5.82 Å². The third-order valence-electron chi connectivity index (χ3n) is 2.86. The van der Waals surface area contributed by atoms with E-state index in [2.05, 4.69) is 9.97 Å². The Labute approximate surface area is 93.5 Å². The van der Waals surface area contributed by atoms with E-state index >= 15 is 0 Å². The maximum atomic E-state index is 5.80. The van der Waals surface area contributed by atoms with Gasteiger partial charge in [-0.1, -0.05) is 0 Å². The first-order chi connectivity index (χ1) is 7.74. The smallest absolute Gasteiger partial charge is 0.165 e. The number of rotatable bonds is 2. The average Bonchev–Trinajstić information content (AvgIpc) is 3.01. The van der Waals surface area contributed by atoms with Crippen molar-refractivity contribution in [2.24, 2.45) is 0 Å². The quantitative estimate of drug-likeness (QED) is 0.835. The van der Waals surface area contributed by atoms with Crippen molar-refractivity contribution in [1.29, 1.82) is 0 Å². The molecule has 1 aliphatic carbocycles. The zero-order valence-electron chi connectivity index (χ0n) is 9.10. The van der Waals surface area contributed by atoms with Crippen molar-refractivity contribution >= 4 is 5.82 Å². The average molecular weight is 215 g/mol. The van der Waals surface area contributed by atoms with Gasteiger partial charge in [-0.05, 0) is 25.8 Å². The Morgan fingerprint density at radius 3 is 2.81 bits per heavy atom. The van der Waals surface area contributed by atoms with Crippen molar-refractivity contribution in [3.8, 4) is 11.4 Å². The number of anilines is 1. The van der Waals surface area contributed by atoms with Crippen molar-refractivity contribution in [2.75, 3.05) is 5.73 Å². The van der Waals surface area contributed by atoms with E-state index in [1.165, 1.54) is 12.8 Å². The van der Waals surface area contributed by atoms with Crippen LogP contribution in [0.5, 0.6) is 0 Å². The summed E-state index contributed by atoms with van der Waals surface area (Å²) in [6.45, 7) is 1.90. The molecular formula is C12H13N3O. The van der Waals surface area contributed by atoms with Crippen LogP contribution in [0.4, 0.5) is 5.82 Å².